The van der Waals surface area contributed by atoms with Gasteiger partial charge in [0.25, 0.3) is 0 Å². The lowest BCUT2D eigenvalue weighted by atomic mass is 9.99. The van der Waals surface area contributed by atoms with Gasteiger partial charge in [-0.15, -0.1) is 12.4 Å². The molecule has 2 atom stereocenters. The Balaban J connectivity index is 0.00000312. The number of carbonyl (C=O) groups excluding carboxylic acids is 1. The lowest BCUT2D eigenvalue weighted by Crippen LogP contribution is -2.44. The topological polar surface area (TPSA) is 77.2 Å². The minimum atomic E-state index is -0.522. The number of halogens is 2. The summed E-state index contributed by atoms with van der Waals surface area (Å²) in [5.41, 5.74) is 6.74. The first-order valence-electron chi connectivity index (χ1n) is 7.91. The molecular weight excluding hydrogens is 345 g/mol. The van der Waals surface area contributed by atoms with Crippen LogP contribution in [0.5, 0.6) is 11.6 Å². The Kier molecular flexibility index (Phi) is 8.31. The second-order valence-electron chi connectivity index (χ2n) is 5.69. The van der Waals surface area contributed by atoms with E-state index >= 15 is 0 Å². The van der Waals surface area contributed by atoms with E-state index in [2.05, 4.69) is 10.3 Å². The van der Waals surface area contributed by atoms with Crippen molar-refractivity contribution < 1.29 is 13.9 Å². The van der Waals surface area contributed by atoms with Crippen molar-refractivity contribution in [2.24, 2.45) is 11.7 Å². The molecule has 1 aromatic carbocycles. The van der Waals surface area contributed by atoms with E-state index < -0.39 is 6.04 Å². The van der Waals surface area contributed by atoms with Crippen molar-refractivity contribution in [2.45, 2.75) is 32.9 Å². The number of nitrogens with one attached hydrogen (secondary N) is 1. The number of nitrogens with two attached hydrogens (primary N) is 1. The normalized spacial score (nSPS) is 12.6. The number of nitrogens with zero attached hydrogens (tertiary/aromatic N) is 1. The molecule has 0 aliphatic rings. The van der Waals surface area contributed by atoms with Gasteiger partial charge in [-0.1, -0.05) is 20.3 Å². The van der Waals surface area contributed by atoms with Crippen LogP contribution in [0.1, 0.15) is 25.8 Å². The molecule has 0 spiro atoms. The van der Waals surface area contributed by atoms with Crippen molar-refractivity contribution in [1.29, 1.82) is 0 Å². The summed E-state index contributed by atoms with van der Waals surface area (Å²) < 4.78 is 18.5. The van der Waals surface area contributed by atoms with E-state index in [1.54, 1.807) is 18.3 Å². The Labute approximate surface area is 153 Å². The molecular formula is C18H23ClFN3O2. The summed E-state index contributed by atoms with van der Waals surface area (Å²) in [5, 5.41) is 2.82. The van der Waals surface area contributed by atoms with Gasteiger partial charge < -0.3 is 15.8 Å². The highest BCUT2D eigenvalue weighted by Gasteiger charge is 2.18. The van der Waals surface area contributed by atoms with E-state index in [-0.39, 0.29) is 30.0 Å². The van der Waals surface area contributed by atoms with E-state index in [4.69, 9.17) is 10.5 Å². The molecule has 1 aromatic heterocycles. The maximum Gasteiger partial charge on any atom is 0.237 e. The quantitative estimate of drug-likeness (QED) is 0.786. The van der Waals surface area contributed by atoms with Crippen molar-refractivity contribution in [3.05, 3.63) is 54.0 Å². The summed E-state index contributed by atoms with van der Waals surface area (Å²) in [4.78, 5) is 16.1. The first kappa shape index (κ1) is 20.9. The largest absolute Gasteiger partial charge is 0.439 e. The Morgan fingerprint density at radius 2 is 2.00 bits per heavy atom. The van der Waals surface area contributed by atoms with Crippen LogP contribution in [0.2, 0.25) is 0 Å². The molecule has 3 N–H and O–H groups in total. The first-order chi connectivity index (χ1) is 11.5. The molecule has 0 radical (unpaired) electrons. The maximum atomic E-state index is 12.9. The van der Waals surface area contributed by atoms with Crippen molar-refractivity contribution in [1.82, 2.24) is 10.3 Å². The smallest absolute Gasteiger partial charge is 0.237 e. The van der Waals surface area contributed by atoms with E-state index in [0.717, 1.165) is 12.0 Å². The van der Waals surface area contributed by atoms with Crippen LogP contribution in [0, 0.1) is 11.7 Å². The fourth-order valence-electron chi connectivity index (χ4n) is 2.06. The van der Waals surface area contributed by atoms with Crippen LogP contribution in [0.25, 0.3) is 0 Å². The summed E-state index contributed by atoms with van der Waals surface area (Å²) >= 11 is 0. The average Bonchev–Trinajstić information content (AvgIpc) is 2.60. The van der Waals surface area contributed by atoms with Crippen molar-refractivity contribution in [3.63, 3.8) is 0 Å². The Morgan fingerprint density at radius 1 is 1.32 bits per heavy atom. The Hall–Kier alpha value is -2.18. The summed E-state index contributed by atoms with van der Waals surface area (Å²) in [6, 6.07) is 8.66. The lowest BCUT2D eigenvalue weighted by molar-refractivity contribution is -0.123. The Bertz CT molecular complexity index is 682. The van der Waals surface area contributed by atoms with Crippen molar-refractivity contribution >= 4 is 18.3 Å². The minimum Gasteiger partial charge on any atom is -0.439 e. The molecule has 0 bridgehead atoms. The maximum absolute atomic E-state index is 12.9. The average molecular weight is 368 g/mol. The summed E-state index contributed by atoms with van der Waals surface area (Å²) in [7, 11) is 0. The summed E-state index contributed by atoms with van der Waals surface area (Å²) in [6.07, 6.45) is 2.44. The van der Waals surface area contributed by atoms with Gasteiger partial charge >= 0.3 is 0 Å². The molecule has 5 nitrogen and oxygen atoms in total. The molecule has 0 aliphatic heterocycles. The number of rotatable bonds is 7. The van der Waals surface area contributed by atoms with Crippen molar-refractivity contribution in [3.8, 4) is 11.6 Å². The van der Waals surface area contributed by atoms with E-state index in [1.807, 2.05) is 13.8 Å². The SMILES string of the molecule is CCC(C)C(N)C(=O)NCc1ccnc(Oc2ccc(F)cc2)c1.Cl. The van der Waals surface area contributed by atoms with Crippen LogP contribution >= 0.6 is 12.4 Å². The highest BCUT2D eigenvalue weighted by Crippen LogP contribution is 2.20. The van der Waals surface area contributed by atoms with Crippen LogP contribution in [0.3, 0.4) is 0 Å². The second-order valence-corrected chi connectivity index (χ2v) is 5.69. The molecule has 0 fully saturated rings. The number of hydrogen-bond donors (Lipinski definition) is 2. The number of aromatic nitrogens is 1. The molecule has 7 heteroatoms. The predicted molar refractivity (Wildman–Crippen MR) is 97.2 cm³/mol. The van der Waals surface area contributed by atoms with Crippen LogP contribution in [-0.4, -0.2) is 16.9 Å². The van der Waals surface area contributed by atoms with E-state index in [0.29, 0.717) is 18.2 Å². The molecule has 2 rings (SSSR count). The van der Waals surface area contributed by atoms with E-state index in [1.165, 1.54) is 24.3 Å². The standard InChI is InChI=1S/C18H22FN3O2.ClH/c1-3-12(2)17(20)18(23)22-11-13-8-9-21-16(10-13)24-15-6-4-14(19)5-7-15;/h4-10,12,17H,3,11,20H2,1-2H3,(H,22,23);1H. The highest BCUT2D eigenvalue weighted by molar-refractivity contribution is 5.85. The molecule has 25 heavy (non-hydrogen) atoms. The summed E-state index contributed by atoms with van der Waals surface area (Å²) in [5.74, 6) is 0.481. The van der Waals surface area contributed by atoms with Crippen LogP contribution < -0.4 is 15.8 Å². The van der Waals surface area contributed by atoms with Crippen LogP contribution in [-0.2, 0) is 11.3 Å². The highest BCUT2D eigenvalue weighted by atomic mass is 35.5. The number of amides is 1. The summed E-state index contributed by atoms with van der Waals surface area (Å²) in [6.45, 7) is 4.29. The molecule has 2 unspecified atom stereocenters. The molecule has 136 valence electrons. The zero-order valence-corrected chi connectivity index (χ0v) is 15.1. The number of pyridine rings is 1. The number of carbonyl (C=O) groups is 1. The third-order valence-electron chi connectivity index (χ3n) is 3.86. The second kappa shape index (κ2) is 9.96. The minimum absolute atomic E-state index is 0. The molecule has 1 heterocycles. The third-order valence-corrected chi connectivity index (χ3v) is 3.86. The van der Waals surface area contributed by atoms with Gasteiger partial charge in [-0.3, -0.25) is 4.79 Å². The first-order valence-corrected chi connectivity index (χ1v) is 7.91. The van der Waals surface area contributed by atoms with Gasteiger partial charge in [0.2, 0.25) is 11.8 Å². The van der Waals surface area contributed by atoms with Crippen molar-refractivity contribution in [2.75, 3.05) is 0 Å². The monoisotopic (exact) mass is 367 g/mol. The van der Waals surface area contributed by atoms with Gasteiger partial charge in [-0.25, -0.2) is 9.37 Å². The molecule has 0 saturated heterocycles. The molecule has 2 aromatic rings. The van der Waals surface area contributed by atoms with Gasteiger partial charge in [0.1, 0.15) is 11.6 Å². The van der Waals surface area contributed by atoms with Gasteiger partial charge in [-0.05, 0) is 41.8 Å². The zero-order chi connectivity index (χ0) is 17.5. The third kappa shape index (κ3) is 6.32. The van der Waals surface area contributed by atoms with Crippen LogP contribution in [0.4, 0.5) is 4.39 Å². The predicted octanol–water partition coefficient (Wildman–Crippen LogP) is 3.42. The van der Waals surface area contributed by atoms with Crippen LogP contribution in [0.15, 0.2) is 42.6 Å². The molecule has 1 amide bonds. The molecule has 0 aliphatic carbocycles. The lowest BCUT2D eigenvalue weighted by Gasteiger charge is -2.17. The zero-order valence-electron chi connectivity index (χ0n) is 14.2. The fraction of sp³-hybridized carbons (Fsp3) is 0.333. The van der Waals surface area contributed by atoms with Gasteiger partial charge in [0.05, 0.1) is 6.04 Å². The number of ether oxygens (including phenoxy) is 1. The Morgan fingerprint density at radius 3 is 2.64 bits per heavy atom. The van der Waals surface area contributed by atoms with E-state index in [9.17, 15) is 9.18 Å². The number of hydrogen-bond acceptors (Lipinski definition) is 4. The molecule has 0 saturated carbocycles. The van der Waals surface area contributed by atoms with Gasteiger partial charge in [0.15, 0.2) is 0 Å². The van der Waals surface area contributed by atoms with Gasteiger partial charge in [0, 0.05) is 18.8 Å². The fourth-order valence-corrected chi connectivity index (χ4v) is 2.06. The number of benzene rings is 1. The van der Waals surface area contributed by atoms with Gasteiger partial charge in [-0.2, -0.15) is 0 Å².